The molecular formula is C17H21N3O4S. The van der Waals surface area contributed by atoms with E-state index in [1.807, 2.05) is 20.8 Å². The van der Waals surface area contributed by atoms with Gasteiger partial charge in [-0.2, -0.15) is 0 Å². The molecule has 2 aromatic rings. The number of thioether (sulfide) groups is 1. The van der Waals surface area contributed by atoms with Gasteiger partial charge in [-0.15, -0.1) is 0 Å². The number of aliphatic imine (C=N–C) groups is 1. The van der Waals surface area contributed by atoms with Gasteiger partial charge in [-0.25, -0.2) is 4.99 Å². The van der Waals surface area contributed by atoms with Crippen molar-refractivity contribution in [2.45, 2.75) is 32.1 Å². The Hall–Kier alpha value is -2.35. The quantitative estimate of drug-likeness (QED) is 0.869. The highest BCUT2D eigenvalue weighted by Crippen LogP contribution is 2.47. The van der Waals surface area contributed by atoms with Crippen LogP contribution in [0, 0.1) is 0 Å². The topological polar surface area (TPSA) is 88.8 Å². The van der Waals surface area contributed by atoms with E-state index in [4.69, 9.17) is 9.47 Å². The van der Waals surface area contributed by atoms with Crippen LogP contribution in [0.3, 0.4) is 0 Å². The monoisotopic (exact) mass is 363 g/mol. The second kappa shape index (κ2) is 6.51. The lowest BCUT2D eigenvalue weighted by atomic mass is 10.0. The van der Waals surface area contributed by atoms with Crippen molar-refractivity contribution >= 4 is 22.6 Å². The van der Waals surface area contributed by atoms with E-state index in [1.54, 1.807) is 16.8 Å². The zero-order valence-corrected chi connectivity index (χ0v) is 15.6. The Kier molecular flexibility index (Phi) is 4.55. The predicted octanol–water partition coefficient (Wildman–Crippen LogP) is 3.37. The molecule has 1 aromatic heterocycles. The number of nitrogens with zero attached hydrogens (tertiary/aromatic N) is 2. The second-order valence-electron chi connectivity index (χ2n) is 6.04. The van der Waals surface area contributed by atoms with Gasteiger partial charge in [0.1, 0.15) is 0 Å². The third-order valence-corrected chi connectivity index (χ3v) is 5.25. The van der Waals surface area contributed by atoms with Crippen LogP contribution in [-0.4, -0.2) is 34.2 Å². The highest BCUT2D eigenvalue weighted by atomic mass is 32.2. The van der Waals surface area contributed by atoms with Crippen molar-refractivity contribution in [3.63, 3.8) is 0 Å². The lowest BCUT2D eigenvalue weighted by molar-refractivity contribution is 0.339. The van der Waals surface area contributed by atoms with Crippen LogP contribution < -0.4 is 15.0 Å². The van der Waals surface area contributed by atoms with Gasteiger partial charge in [0.25, 0.3) is 5.56 Å². The van der Waals surface area contributed by atoms with E-state index in [1.165, 1.54) is 26.0 Å². The second-order valence-corrected chi connectivity index (χ2v) is 7.34. The fourth-order valence-corrected chi connectivity index (χ4v) is 3.97. The van der Waals surface area contributed by atoms with E-state index in [0.717, 1.165) is 10.6 Å². The summed E-state index contributed by atoms with van der Waals surface area (Å²) in [6, 6.07) is 3.54. The van der Waals surface area contributed by atoms with E-state index in [-0.39, 0.29) is 22.6 Å². The molecule has 1 aliphatic heterocycles. The van der Waals surface area contributed by atoms with Crippen LogP contribution in [0.5, 0.6) is 17.2 Å². The molecule has 25 heavy (non-hydrogen) atoms. The lowest BCUT2D eigenvalue weighted by Crippen LogP contribution is -2.13. The van der Waals surface area contributed by atoms with Gasteiger partial charge in [0.15, 0.2) is 17.3 Å². The lowest BCUT2D eigenvalue weighted by Gasteiger charge is -2.22. The minimum Gasteiger partial charge on any atom is -0.502 e. The molecule has 0 spiro atoms. The van der Waals surface area contributed by atoms with Crippen LogP contribution in [0.1, 0.15) is 43.2 Å². The van der Waals surface area contributed by atoms with Gasteiger partial charge < -0.3 is 14.6 Å². The molecule has 1 atom stereocenters. The maximum Gasteiger partial charge on any atom is 0.271 e. The van der Waals surface area contributed by atoms with E-state index in [2.05, 4.69) is 10.1 Å². The summed E-state index contributed by atoms with van der Waals surface area (Å²) >= 11 is 1.49. The molecule has 8 heteroatoms. The Morgan fingerprint density at radius 3 is 2.40 bits per heavy atom. The molecule has 2 N–H and O–H groups in total. The van der Waals surface area contributed by atoms with Crippen LogP contribution in [0.2, 0.25) is 0 Å². The smallest absolute Gasteiger partial charge is 0.271 e. The molecule has 3 rings (SSSR count). The summed E-state index contributed by atoms with van der Waals surface area (Å²) < 4.78 is 12.3. The van der Waals surface area contributed by atoms with Crippen LogP contribution in [0.15, 0.2) is 21.9 Å². The molecule has 0 fully saturated rings. The molecule has 134 valence electrons. The molecule has 1 aromatic carbocycles. The van der Waals surface area contributed by atoms with Gasteiger partial charge in [0.2, 0.25) is 5.75 Å². The Morgan fingerprint density at radius 2 is 1.88 bits per heavy atom. The number of fused-ring (bicyclic) bond motifs is 1. The van der Waals surface area contributed by atoms with Crippen LogP contribution >= 0.6 is 11.8 Å². The van der Waals surface area contributed by atoms with Gasteiger partial charge in [0.05, 0.1) is 30.1 Å². The summed E-state index contributed by atoms with van der Waals surface area (Å²) in [4.78, 5) is 17.2. The van der Waals surface area contributed by atoms with E-state index < -0.39 is 0 Å². The molecule has 0 saturated heterocycles. The first-order valence-corrected chi connectivity index (χ1v) is 8.76. The fourth-order valence-electron chi connectivity index (χ4n) is 2.88. The summed E-state index contributed by atoms with van der Waals surface area (Å²) in [6.45, 7) is 5.90. The summed E-state index contributed by atoms with van der Waals surface area (Å²) in [5.74, 6) is 1.19. The zero-order valence-electron chi connectivity index (χ0n) is 14.8. The minimum atomic E-state index is -0.264. The molecule has 1 aliphatic rings. The predicted molar refractivity (Wildman–Crippen MR) is 98.9 cm³/mol. The number of ether oxygens (including phenoxy) is 2. The van der Waals surface area contributed by atoms with Crippen molar-refractivity contribution in [1.82, 2.24) is 9.78 Å². The van der Waals surface area contributed by atoms with E-state index in [9.17, 15) is 9.90 Å². The van der Waals surface area contributed by atoms with Crippen molar-refractivity contribution in [3.05, 3.63) is 33.6 Å². The molecule has 0 amide bonds. The number of rotatable bonds is 4. The van der Waals surface area contributed by atoms with Crippen molar-refractivity contribution in [1.29, 1.82) is 0 Å². The number of hydrogen-bond donors (Lipinski definition) is 2. The van der Waals surface area contributed by atoms with Crippen LogP contribution in [-0.2, 0) is 0 Å². The molecular weight excluding hydrogens is 342 g/mol. The first kappa shape index (κ1) is 17.5. The average molecular weight is 363 g/mol. The molecule has 0 radical (unpaired) electrons. The summed E-state index contributed by atoms with van der Waals surface area (Å²) in [7, 11) is 2.96. The third-order valence-electron chi connectivity index (χ3n) is 4.07. The van der Waals surface area contributed by atoms with Crippen LogP contribution in [0.25, 0.3) is 0 Å². The standard InChI is InChI=1S/C17H21N3O4S/c1-8(2)20-16-13(17(22)19-20)15(25-9(3)18-16)10-6-11(23-4)14(21)12(7-10)24-5/h6-8,15,21H,1-5H3,(H,19,22). The number of aromatic nitrogens is 2. The Balaban J connectivity index is 2.21. The van der Waals surface area contributed by atoms with Crippen LogP contribution in [0.4, 0.5) is 5.82 Å². The van der Waals surface area contributed by atoms with E-state index in [0.29, 0.717) is 22.9 Å². The number of aromatic amines is 1. The third kappa shape index (κ3) is 2.90. The van der Waals surface area contributed by atoms with Crippen molar-refractivity contribution in [2.75, 3.05) is 14.2 Å². The summed E-state index contributed by atoms with van der Waals surface area (Å²) in [6.07, 6.45) is 0. The van der Waals surface area contributed by atoms with Gasteiger partial charge >= 0.3 is 0 Å². The Labute approximate surface area is 149 Å². The Morgan fingerprint density at radius 1 is 1.28 bits per heavy atom. The van der Waals surface area contributed by atoms with Crippen molar-refractivity contribution < 1.29 is 14.6 Å². The molecule has 2 heterocycles. The number of hydrogen-bond acceptors (Lipinski definition) is 6. The van der Waals surface area contributed by atoms with Gasteiger partial charge in [-0.1, -0.05) is 11.8 Å². The molecule has 0 bridgehead atoms. The number of phenols is 1. The van der Waals surface area contributed by atoms with Gasteiger partial charge in [-0.05, 0) is 38.5 Å². The summed E-state index contributed by atoms with van der Waals surface area (Å²) in [5, 5.41) is 13.6. The number of nitrogens with one attached hydrogen (secondary N) is 1. The fraction of sp³-hybridized carbons (Fsp3) is 0.412. The number of methoxy groups -OCH3 is 2. The first-order chi connectivity index (χ1) is 11.9. The highest BCUT2D eigenvalue weighted by Gasteiger charge is 2.31. The SMILES string of the molecule is COc1cc(C2SC(C)=Nc3c2c(=O)[nH]n3C(C)C)cc(OC)c1O. The van der Waals surface area contributed by atoms with Gasteiger partial charge in [-0.3, -0.25) is 14.6 Å². The van der Waals surface area contributed by atoms with Crippen molar-refractivity contribution in [3.8, 4) is 17.2 Å². The number of H-pyrrole nitrogens is 1. The molecule has 0 aliphatic carbocycles. The number of benzene rings is 1. The molecule has 1 unspecified atom stereocenters. The maximum absolute atomic E-state index is 12.6. The Bertz CT molecular complexity index is 873. The number of phenolic OH excluding ortho intramolecular Hbond substituents is 1. The van der Waals surface area contributed by atoms with E-state index >= 15 is 0 Å². The average Bonchev–Trinajstić information content (AvgIpc) is 2.91. The minimum absolute atomic E-state index is 0.0613. The highest BCUT2D eigenvalue weighted by molar-refractivity contribution is 8.14. The first-order valence-electron chi connectivity index (χ1n) is 7.88. The molecule has 7 nitrogen and oxygen atoms in total. The summed E-state index contributed by atoms with van der Waals surface area (Å²) in [5.41, 5.74) is 1.24. The van der Waals surface area contributed by atoms with Gasteiger partial charge in [0, 0.05) is 6.04 Å². The number of aromatic hydroxyl groups is 1. The largest absolute Gasteiger partial charge is 0.502 e. The van der Waals surface area contributed by atoms with Crippen molar-refractivity contribution in [2.24, 2.45) is 4.99 Å². The maximum atomic E-state index is 12.6. The zero-order chi connectivity index (χ0) is 18.3. The molecule has 0 saturated carbocycles. The normalized spacial score (nSPS) is 16.6.